The second-order valence-corrected chi connectivity index (χ2v) is 7.92. The van der Waals surface area contributed by atoms with Crippen LogP contribution in [-0.2, 0) is 14.9 Å². The molecule has 1 fully saturated rings. The Morgan fingerprint density at radius 2 is 1.96 bits per heavy atom. The normalized spacial score (nSPS) is 23.1. The van der Waals surface area contributed by atoms with Crippen LogP contribution in [0.4, 0.5) is 0 Å². The molecule has 4 heteroatoms. The SMILES string of the molecule is COc1ccc([C@@]2(CC(=O)NCC(C)C)CCOC(C)(C)C2)cc1. The first-order chi connectivity index (χ1) is 11.3. The predicted octanol–water partition coefficient (Wildman–Crippen LogP) is 3.68. The predicted molar refractivity (Wildman–Crippen MR) is 96.4 cm³/mol. The van der Waals surface area contributed by atoms with E-state index in [1.54, 1.807) is 7.11 Å². The molecule has 2 rings (SSSR count). The third-order valence-electron chi connectivity index (χ3n) is 4.75. The molecule has 4 nitrogen and oxygen atoms in total. The van der Waals surface area contributed by atoms with Crippen molar-refractivity contribution in [1.82, 2.24) is 5.32 Å². The summed E-state index contributed by atoms with van der Waals surface area (Å²) >= 11 is 0. The Balaban J connectivity index is 2.25. The molecule has 1 atom stereocenters. The highest BCUT2D eigenvalue weighted by atomic mass is 16.5. The van der Waals surface area contributed by atoms with Crippen LogP contribution in [-0.4, -0.2) is 31.8 Å². The monoisotopic (exact) mass is 333 g/mol. The number of carbonyl (C=O) groups is 1. The van der Waals surface area contributed by atoms with Gasteiger partial charge in [0.05, 0.1) is 12.7 Å². The molecule has 1 N–H and O–H groups in total. The third kappa shape index (κ3) is 4.73. The maximum atomic E-state index is 12.6. The number of ether oxygens (including phenoxy) is 2. The molecular formula is C20H31NO3. The van der Waals surface area contributed by atoms with Gasteiger partial charge >= 0.3 is 0 Å². The van der Waals surface area contributed by atoms with E-state index in [1.807, 2.05) is 12.1 Å². The highest BCUT2D eigenvalue weighted by Crippen LogP contribution is 2.44. The lowest BCUT2D eigenvalue weighted by atomic mass is 9.67. The van der Waals surface area contributed by atoms with Gasteiger partial charge in [-0.3, -0.25) is 4.79 Å². The van der Waals surface area contributed by atoms with Crippen LogP contribution in [0, 0.1) is 5.92 Å². The number of nitrogens with one attached hydrogen (secondary N) is 1. The van der Waals surface area contributed by atoms with Crippen LogP contribution in [0.1, 0.15) is 52.5 Å². The van der Waals surface area contributed by atoms with E-state index in [-0.39, 0.29) is 16.9 Å². The van der Waals surface area contributed by atoms with Crippen molar-refractivity contribution in [3.8, 4) is 5.75 Å². The number of carbonyl (C=O) groups excluding carboxylic acids is 1. The number of amides is 1. The summed E-state index contributed by atoms with van der Waals surface area (Å²) in [7, 11) is 1.67. The first kappa shape index (κ1) is 18.8. The van der Waals surface area contributed by atoms with Crippen LogP contribution in [0.3, 0.4) is 0 Å². The average Bonchev–Trinajstić information content (AvgIpc) is 2.52. The standard InChI is InChI=1S/C20H31NO3/c1-15(2)13-21-18(22)12-20(10-11-24-19(3,4)14-20)16-6-8-17(23-5)9-7-16/h6-9,15H,10-14H2,1-5H3,(H,21,22)/t20-/m1/s1. The van der Waals surface area contributed by atoms with Crippen molar-refractivity contribution in [2.45, 2.75) is 58.0 Å². The van der Waals surface area contributed by atoms with Gasteiger partial charge in [0.25, 0.3) is 0 Å². The summed E-state index contributed by atoms with van der Waals surface area (Å²) in [5, 5.41) is 3.07. The Bertz CT molecular complexity index is 551. The van der Waals surface area contributed by atoms with Gasteiger partial charge in [-0.05, 0) is 50.3 Å². The lowest BCUT2D eigenvalue weighted by Crippen LogP contribution is -2.46. The van der Waals surface area contributed by atoms with Crippen LogP contribution < -0.4 is 10.1 Å². The van der Waals surface area contributed by atoms with Gasteiger partial charge in [-0.25, -0.2) is 0 Å². The summed E-state index contributed by atoms with van der Waals surface area (Å²) in [6.07, 6.45) is 2.19. The highest BCUT2D eigenvalue weighted by Gasteiger charge is 2.43. The summed E-state index contributed by atoms with van der Waals surface area (Å²) in [4.78, 5) is 12.6. The van der Waals surface area contributed by atoms with Crippen LogP contribution in [0.5, 0.6) is 5.75 Å². The van der Waals surface area contributed by atoms with Crippen LogP contribution in [0.2, 0.25) is 0 Å². The van der Waals surface area contributed by atoms with Gasteiger partial charge in [-0.15, -0.1) is 0 Å². The Kier molecular flexibility index (Phi) is 5.92. The molecule has 0 aliphatic carbocycles. The molecule has 0 aromatic heterocycles. The van der Waals surface area contributed by atoms with Crippen molar-refractivity contribution in [1.29, 1.82) is 0 Å². The summed E-state index contributed by atoms with van der Waals surface area (Å²) in [5.41, 5.74) is 0.783. The van der Waals surface area contributed by atoms with Gasteiger partial charge in [0.1, 0.15) is 5.75 Å². The van der Waals surface area contributed by atoms with Gasteiger partial charge in [0.2, 0.25) is 5.91 Å². The maximum absolute atomic E-state index is 12.6. The maximum Gasteiger partial charge on any atom is 0.220 e. The van der Waals surface area contributed by atoms with Crippen molar-refractivity contribution >= 4 is 5.91 Å². The Morgan fingerprint density at radius 1 is 1.29 bits per heavy atom. The van der Waals surface area contributed by atoms with Crippen LogP contribution in [0.25, 0.3) is 0 Å². The number of methoxy groups -OCH3 is 1. The molecule has 0 radical (unpaired) electrons. The molecule has 1 aromatic carbocycles. The molecule has 1 aliphatic heterocycles. The fourth-order valence-electron chi connectivity index (χ4n) is 3.61. The quantitative estimate of drug-likeness (QED) is 0.864. The second kappa shape index (κ2) is 7.56. The van der Waals surface area contributed by atoms with E-state index in [4.69, 9.17) is 9.47 Å². The number of hydrogen-bond acceptors (Lipinski definition) is 3. The zero-order valence-corrected chi connectivity index (χ0v) is 15.6. The van der Waals surface area contributed by atoms with Crippen LogP contribution >= 0.6 is 0 Å². The molecule has 1 heterocycles. The zero-order chi connectivity index (χ0) is 17.8. The molecule has 0 spiro atoms. The molecule has 0 bridgehead atoms. The zero-order valence-electron chi connectivity index (χ0n) is 15.6. The van der Waals surface area contributed by atoms with Crippen molar-refractivity contribution in [2.24, 2.45) is 5.92 Å². The molecule has 0 saturated carbocycles. The average molecular weight is 333 g/mol. The summed E-state index contributed by atoms with van der Waals surface area (Å²) in [6.45, 7) is 9.83. The third-order valence-corrected chi connectivity index (χ3v) is 4.75. The molecule has 1 saturated heterocycles. The summed E-state index contributed by atoms with van der Waals surface area (Å²) < 4.78 is 11.2. The lowest BCUT2D eigenvalue weighted by molar-refractivity contribution is -0.126. The van der Waals surface area contributed by atoms with Crippen LogP contribution in [0.15, 0.2) is 24.3 Å². The van der Waals surface area contributed by atoms with Gasteiger partial charge in [0.15, 0.2) is 0 Å². The summed E-state index contributed by atoms with van der Waals surface area (Å²) in [5.74, 6) is 1.42. The van der Waals surface area contributed by atoms with Gasteiger partial charge in [-0.1, -0.05) is 26.0 Å². The molecule has 1 amide bonds. The minimum atomic E-state index is -0.226. The highest BCUT2D eigenvalue weighted by molar-refractivity contribution is 5.77. The minimum absolute atomic E-state index is 0.122. The van der Waals surface area contributed by atoms with Crippen molar-refractivity contribution < 1.29 is 14.3 Å². The second-order valence-electron chi connectivity index (χ2n) is 7.92. The molecule has 1 aliphatic rings. The van der Waals surface area contributed by atoms with E-state index in [0.29, 0.717) is 18.9 Å². The van der Waals surface area contributed by atoms with E-state index >= 15 is 0 Å². The summed E-state index contributed by atoms with van der Waals surface area (Å²) in [6, 6.07) is 8.14. The number of hydrogen-bond donors (Lipinski definition) is 1. The first-order valence-corrected chi connectivity index (χ1v) is 8.81. The minimum Gasteiger partial charge on any atom is -0.497 e. The van der Waals surface area contributed by atoms with E-state index in [9.17, 15) is 4.79 Å². The molecule has 24 heavy (non-hydrogen) atoms. The largest absolute Gasteiger partial charge is 0.497 e. The van der Waals surface area contributed by atoms with Gasteiger partial charge < -0.3 is 14.8 Å². The van der Waals surface area contributed by atoms with Crippen molar-refractivity contribution in [3.05, 3.63) is 29.8 Å². The molecular weight excluding hydrogens is 302 g/mol. The van der Waals surface area contributed by atoms with E-state index in [0.717, 1.165) is 25.1 Å². The van der Waals surface area contributed by atoms with Gasteiger partial charge in [-0.2, -0.15) is 0 Å². The van der Waals surface area contributed by atoms with Crippen molar-refractivity contribution in [2.75, 3.05) is 20.3 Å². The fourth-order valence-corrected chi connectivity index (χ4v) is 3.61. The molecule has 134 valence electrons. The topological polar surface area (TPSA) is 47.6 Å². The molecule has 0 unspecified atom stereocenters. The number of rotatable bonds is 6. The fraction of sp³-hybridized carbons (Fsp3) is 0.650. The smallest absolute Gasteiger partial charge is 0.220 e. The van der Waals surface area contributed by atoms with Crippen molar-refractivity contribution in [3.63, 3.8) is 0 Å². The first-order valence-electron chi connectivity index (χ1n) is 8.81. The van der Waals surface area contributed by atoms with Gasteiger partial charge in [0, 0.05) is 25.0 Å². The molecule has 1 aromatic rings. The Labute approximate surface area is 145 Å². The Hall–Kier alpha value is -1.55. The van der Waals surface area contributed by atoms with E-state index < -0.39 is 0 Å². The Morgan fingerprint density at radius 3 is 2.50 bits per heavy atom. The van der Waals surface area contributed by atoms with E-state index in [1.165, 1.54) is 5.56 Å². The lowest BCUT2D eigenvalue weighted by Gasteiger charge is -2.45. The van der Waals surface area contributed by atoms with E-state index in [2.05, 4.69) is 45.1 Å². The number of benzene rings is 1.